The molecule has 2 nitrogen and oxygen atoms in total. The van der Waals surface area contributed by atoms with Crippen molar-refractivity contribution in [2.45, 2.75) is 19.8 Å². The fraction of sp³-hybridized carbons (Fsp3) is 1.00. The summed E-state index contributed by atoms with van der Waals surface area (Å²) in [4.78, 5) is 2.66. The van der Waals surface area contributed by atoms with E-state index in [1.54, 1.807) is 0 Å². The lowest BCUT2D eigenvalue weighted by atomic mass is 9.87. The van der Waals surface area contributed by atoms with Crippen LogP contribution in [0.3, 0.4) is 0 Å². The molecular formula is C11H23ClN2S. The highest BCUT2D eigenvalue weighted by Gasteiger charge is 2.39. The summed E-state index contributed by atoms with van der Waals surface area (Å²) in [6.45, 7) is 8.76. The predicted molar refractivity (Wildman–Crippen MR) is 71.2 cm³/mol. The van der Waals surface area contributed by atoms with Crippen LogP contribution in [0, 0.1) is 5.41 Å². The third-order valence-corrected chi connectivity index (χ3v) is 4.48. The average molecular weight is 251 g/mol. The van der Waals surface area contributed by atoms with E-state index in [-0.39, 0.29) is 12.4 Å². The fourth-order valence-electron chi connectivity index (χ4n) is 2.70. The molecule has 1 atom stereocenters. The summed E-state index contributed by atoms with van der Waals surface area (Å²) >= 11 is 2.07. The van der Waals surface area contributed by atoms with E-state index < -0.39 is 0 Å². The maximum absolute atomic E-state index is 3.51. The van der Waals surface area contributed by atoms with Crippen LogP contribution in [0.25, 0.3) is 0 Å². The number of rotatable bonds is 4. The summed E-state index contributed by atoms with van der Waals surface area (Å²) in [5.74, 6) is 2.58. The minimum absolute atomic E-state index is 0. The van der Waals surface area contributed by atoms with Crippen molar-refractivity contribution in [1.29, 1.82) is 0 Å². The fourth-order valence-corrected chi connectivity index (χ4v) is 3.38. The lowest BCUT2D eigenvalue weighted by Gasteiger charge is -2.22. The number of hydrogen-bond acceptors (Lipinski definition) is 3. The normalized spacial score (nSPS) is 31.0. The van der Waals surface area contributed by atoms with E-state index in [0.29, 0.717) is 5.41 Å². The first-order chi connectivity index (χ1) is 6.85. The Kier molecular flexibility index (Phi) is 5.75. The number of nitrogens with one attached hydrogen (secondary N) is 1. The summed E-state index contributed by atoms with van der Waals surface area (Å²) in [6, 6.07) is 0. The van der Waals surface area contributed by atoms with Gasteiger partial charge in [0.05, 0.1) is 0 Å². The number of thioether (sulfide) groups is 1. The van der Waals surface area contributed by atoms with Crippen LogP contribution >= 0.6 is 24.2 Å². The highest BCUT2D eigenvalue weighted by Crippen LogP contribution is 2.35. The van der Waals surface area contributed by atoms with Crippen molar-refractivity contribution >= 4 is 24.2 Å². The summed E-state index contributed by atoms with van der Waals surface area (Å²) < 4.78 is 0. The first-order valence-electron chi connectivity index (χ1n) is 5.85. The zero-order chi connectivity index (χ0) is 9.86. The highest BCUT2D eigenvalue weighted by atomic mass is 35.5. The second kappa shape index (κ2) is 6.33. The van der Waals surface area contributed by atoms with Gasteiger partial charge in [-0.2, -0.15) is 11.8 Å². The number of likely N-dealkylation sites (tertiary alicyclic amines) is 1. The Balaban J connectivity index is 0.00000112. The molecule has 2 saturated heterocycles. The van der Waals surface area contributed by atoms with Crippen molar-refractivity contribution in [2.75, 3.05) is 44.2 Å². The molecule has 0 aromatic carbocycles. The summed E-state index contributed by atoms with van der Waals surface area (Å²) in [6.07, 6.45) is 2.83. The van der Waals surface area contributed by atoms with Crippen LogP contribution in [0.4, 0.5) is 0 Å². The van der Waals surface area contributed by atoms with Gasteiger partial charge in [-0.05, 0) is 37.1 Å². The van der Waals surface area contributed by atoms with Crippen molar-refractivity contribution in [1.82, 2.24) is 10.2 Å². The minimum Gasteiger partial charge on any atom is -0.316 e. The van der Waals surface area contributed by atoms with Gasteiger partial charge in [-0.1, -0.05) is 6.92 Å². The summed E-state index contributed by atoms with van der Waals surface area (Å²) in [7, 11) is 0. The third kappa shape index (κ3) is 3.52. The van der Waals surface area contributed by atoms with Gasteiger partial charge in [-0.25, -0.2) is 0 Å². The van der Waals surface area contributed by atoms with Gasteiger partial charge in [0.2, 0.25) is 0 Å². The predicted octanol–water partition coefficient (Wildman–Crippen LogP) is 1.85. The Morgan fingerprint density at radius 1 is 1.40 bits per heavy atom. The van der Waals surface area contributed by atoms with Crippen molar-refractivity contribution in [2.24, 2.45) is 5.41 Å². The largest absolute Gasteiger partial charge is 0.316 e. The lowest BCUT2D eigenvalue weighted by Crippen LogP contribution is -2.30. The van der Waals surface area contributed by atoms with Crippen LogP contribution in [-0.4, -0.2) is 49.1 Å². The molecule has 0 amide bonds. The molecule has 2 aliphatic rings. The maximum atomic E-state index is 3.51. The molecule has 0 aromatic rings. The van der Waals surface area contributed by atoms with Gasteiger partial charge in [0.15, 0.2) is 0 Å². The molecule has 1 N–H and O–H groups in total. The van der Waals surface area contributed by atoms with E-state index in [1.165, 1.54) is 57.1 Å². The van der Waals surface area contributed by atoms with Crippen molar-refractivity contribution in [3.05, 3.63) is 0 Å². The van der Waals surface area contributed by atoms with Crippen LogP contribution in [-0.2, 0) is 0 Å². The molecule has 1 unspecified atom stereocenters. The van der Waals surface area contributed by atoms with E-state index in [1.807, 2.05) is 0 Å². The molecule has 4 heteroatoms. The van der Waals surface area contributed by atoms with Gasteiger partial charge in [0.25, 0.3) is 0 Å². The number of hydrogen-bond donors (Lipinski definition) is 1. The standard InChI is InChI=1S/C11H22N2S.ClH/c1-2-14-8-7-13-6-4-11(10-13)3-5-12-9-11;/h12H,2-10H2,1H3;1H. The summed E-state index contributed by atoms with van der Waals surface area (Å²) in [5.41, 5.74) is 0.664. The van der Waals surface area contributed by atoms with Crippen molar-refractivity contribution in [3.8, 4) is 0 Å². The van der Waals surface area contributed by atoms with Crippen LogP contribution in [0.5, 0.6) is 0 Å². The lowest BCUT2D eigenvalue weighted by molar-refractivity contribution is 0.285. The quantitative estimate of drug-likeness (QED) is 0.767. The van der Waals surface area contributed by atoms with Crippen LogP contribution in [0.1, 0.15) is 19.8 Å². The SMILES string of the molecule is CCSCCN1CCC2(CCNC2)C1.Cl. The van der Waals surface area contributed by atoms with E-state index in [0.717, 1.165) is 0 Å². The van der Waals surface area contributed by atoms with Crippen LogP contribution in [0.15, 0.2) is 0 Å². The molecule has 0 aromatic heterocycles. The van der Waals surface area contributed by atoms with Gasteiger partial charge >= 0.3 is 0 Å². The molecule has 2 heterocycles. The van der Waals surface area contributed by atoms with E-state index in [9.17, 15) is 0 Å². The molecule has 2 aliphatic heterocycles. The molecule has 0 saturated carbocycles. The molecule has 2 rings (SSSR count). The van der Waals surface area contributed by atoms with Crippen molar-refractivity contribution in [3.63, 3.8) is 0 Å². The van der Waals surface area contributed by atoms with Gasteiger partial charge in [-0.3, -0.25) is 0 Å². The Morgan fingerprint density at radius 3 is 2.93 bits per heavy atom. The second-order valence-corrected chi connectivity index (χ2v) is 6.04. The van der Waals surface area contributed by atoms with Crippen LogP contribution in [0.2, 0.25) is 0 Å². The third-order valence-electron chi connectivity index (χ3n) is 3.61. The molecule has 2 fully saturated rings. The molecule has 90 valence electrons. The molecule has 15 heavy (non-hydrogen) atoms. The van der Waals surface area contributed by atoms with E-state index in [2.05, 4.69) is 28.9 Å². The molecule has 1 spiro atoms. The van der Waals surface area contributed by atoms with Gasteiger partial charge < -0.3 is 10.2 Å². The second-order valence-electron chi connectivity index (χ2n) is 4.65. The first-order valence-corrected chi connectivity index (χ1v) is 7.01. The molecule has 0 radical (unpaired) electrons. The van der Waals surface area contributed by atoms with Gasteiger partial charge in [-0.15, -0.1) is 12.4 Å². The van der Waals surface area contributed by atoms with E-state index >= 15 is 0 Å². The monoisotopic (exact) mass is 250 g/mol. The Labute approximate surface area is 104 Å². The zero-order valence-corrected chi connectivity index (χ0v) is 11.3. The Morgan fingerprint density at radius 2 is 2.27 bits per heavy atom. The first kappa shape index (κ1) is 13.6. The molecule has 0 bridgehead atoms. The van der Waals surface area contributed by atoms with Gasteiger partial charge in [0.1, 0.15) is 0 Å². The Bertz CT molecular complexity index is 183. The topological polar surface area (TPSA) is 15.3 Å². The zero-order valence-electron chi connectivity index (χ0n) is 9.63. The number of halogens is 1. The van der Waals surface area contributed by atoms with Crippen LogP contribution < -0.4 is 5.32 Å². The highest BCUT2D eigenvalue weighted by molar-refractivity contribution is 7.99. The van der Waals surface area contributed by atoms with Crippen molar-refractivity contribution < 1.29 is 0 Å². The average Bonchev–Trinajstić information content (AvgIpc) is 2.79. The molecular weight excluding hydrogens is 228 g/mol. The van der Waals surface area contributed by atoms with Gasteiger partial charge in [0, 0.05) is 25.4 Å². The smallest absolute Gasteiger partial charge is 0.00726 e. The summed E-state index contributed by atoms with van der Waals surface area (Å²) in [5, 5.41) is 3.51. The Hall–Kier alpha value is 0.560. The maximum Gasteiger partial charge on any atom is 0.00726 e. The molecule has 0 aliphatic carbocycles. The van der Waals surface area contributed by atoms with E-state index in [4.69, 9.17) is 0 Å². The minimum atomic E-state index is 0. The number of nitrogens with zero attached hydrogens (tertiary/aromatic N) is 1.